The van der Waals surface area contributed by atoms with Gasteiger partial charge in [0.05, 0.1) is 0 Å². The fourth-order valence-electron chi connectivity index (χ4n) is 2.85. The predicted molar refractivity (Wildman–Crippen MR) is 82.6 cm³/mol. The maximum atomic E-state index is 11.6. The average molecular weight is 306 g/mol. The van der Waals surface area contributed by atoms with E-state index in [4.69, 9.17) is 4.42 Å². The third-order valence-corrected chi connectivity index (χ3v) is 3.90. The SMILES string of the molecule is Cl.O=C1CCCN1CCc1nc2c(ccc3[nH]ccc32)o1. The van der Waals surface area contributed by atoms with Crippen LogP contribution in [0, 0.1) is 0 Å². The van der Waals surface area contributed by atoms with Crippen molar-refractivity contribution >= 4 is 40.3 Å². The zero-order valence-corrected chi connectivity index (χ0v) is 12.3. The summed E-state index contributed by atoms with van der Waals surface area (Å²) in [7, 11) is 0. The molecule has 0 aliphatic carbocycles. The number of halogens is 1. The van der Waals surface area contributed by atoms with Crippen LogP contribution in [0.5, 0.6) is 0 Å². The molecule has 1 aliphatic rings. The Morgan fingerprint density at radius 3 is 3.05 bits per heavy atom. The van der Waals surface area contributed by atoms with E-state index in [1.54, 1.807) is 0 Å². The summed E-state index contributed by atoms with van der Waals surface area (Å²) < 4.78 is 5.78. The second-order valence-corrected chi connectivity index (χ2v) is 5.19. The van der Waals surface area contributed by atoms with E-state index in [9.17, 15) is 4.79 Å². The van der Waals surface area contributed by atoms with Crippen LogP contribution in [-0.4, -0.2) is 33.9 Å². The van der Waals surface area contributed by atoms with Crippen molar-refractivity contribution in [3.63, 3.8) is 0 Å². The number of nitrogens with one attached hydrogen (secondary N) is 1. The van der Waals surface area contributed by atoms with E-state index in [0.717, 1.165) is 35.0 Å². The van der Waals surface area contributed by atoms with Gasteiger partial charge in [0.25, 0.3) is 0 Å². The number of H-pyrrole nitrogens is 1. The van der Waals surface area contributed by atoms with Gasteiger partial charge in [0.15, 0.2) is 11.5 Å². The lowest BCUT2D eigenvalue weighted by atomic mass is 10.2. The van der Waals surface area contributed by atoms with Crippen molar-refractivity contribution in [2.24, 2.45) is 0 Å². The van der Waals surface area contributed by atoms with E-state index < -0.39 is 0 Å². The minimum atomic E-state index is 0. The molecule has 1 N–H and O–H groups in total. The van der Waals surface area contributed by atoms with E-state index in [0.29, 0.717) is 25.3 Å². The molecule has 1 aromatic carbocycles. The third kappa shape index (κ3) is 2.38. The topological polar surface area (TPSA) is 62.1 Å². The molecule has 110 valence electrons. The lowest BCUT2D eigenvalue weighted by molar-refractivity contribution is -0.127. The number of rotatable bonds is 3. The first-order valence-electron chi connectivity index (χ1n) is 6.94. The summed E-state index contributed by atoms with van der Waals surface area (Å²) in [6, 6.07) is 5.94. The molecule has 6 heteroatoms. The number of nitrogens with zero attached hydrogens (tertiary/aromatic N) is 2. The van der Waals surface area contributed by atoms with E-state index in [1.165, 1.54) is 0 Å². The van der Waals surface area contributed by atoms with Gasteiger partial charge < -0.3 is 14.3 Å². The van der Waals surface area contributed by atoms with Crippen LogP contribution >= 0.6 is 12.4 Å². The first-order valence-corrected chi connectivity index (χ1v) is 6.94. The molecule has 0 bridgehead atoms. The van der Waals surface area contributed by atoms with Crippen LogP contribution in [-0.2, 0) is 11.2 Å². The molecule has 21 heavy (non-hydrogen) atoms. The molecule has 5 nitrogen and oxygen atoms in total. The zero-order chi connectivity index (χ0) is 13.5. The number of aromatic amines is 1. The molecule has 1 aliphatic heterocycles. The number of hydrogen-bond donors (Lipinski definition) is 1. The Bertz CT molecular complexity index is 793. The number of carbonyl (C=O) groups is 1. The quantitative estimate of drug-likeness (QED) is 0.809. The van der Waals surface area contributed by atoms with Crippen molar-refractivity contribution < 1.29 is 9.21 Å². The van der Waals surface area contributed by atoms with Gasteiger partial charge in [-0.05, 0) is 24.6 Å². The number of oxazole rings is 1. The summed E-state index contributed by atoms with van der Waals surface area (Å²) in [4.78, 5) is 21.2. The average Bonchev–Trinajstić information content (AvgIpc) is 3.13. The Morgan fingerprint density at radius 1 is 1.33 bits per heavy atom. The predicted octanol–water partition coefficient (Wildman–Crippen LogP) is 2.90. The van der Waals surface area contributed by atoms with Gasteiger partial charge in [-0.2, -0.15) is 0 Å². The Labute approximate surface area is 127 Å². The second-order valence-electron chi connectivity index (χ2n) is 5.19. The van der Waals surface area contributed by atoms with Crippen LogP contribution in [0.4, 0.5) is 0 Å². The van der Waals surface area contributed by atoms with Gasteiger partial charge in [0, 0.05) is 43.0 Å². The van der Waals surface area contributed by atoms with Crippen LogP contribution in [0.3, 0.4) is 0 Å². The minimum absolute atomic E-state index is 0. The van der Waals surface area contributed by atoms with Gasteiger partial charge in [-0.15, -0.1) is 12.4 Å². The highest BCUT2D eigenvalue weighted by Crippen LogP contribution is 2.25. The molecule has 0 unspecified atom stereocenters. The molecule has 0 spiro atoms. The summed E-state index contributed by atoms with van der Waals surface area (Å²) in [5.74, 6) is 0.947. The van der Waals surface area contributed by atoms with Crippen LogP contribution < -0.4 is 0 Å². The molecule has 0 atom stereocenters. The summed E-state index contributed by atoms with van der Waals surface area (Å²) in [6.45, 7) is 1.56. The molecule has 1 amide bonds. The summed E-state index contributed by atoms with van der Waals surface area (Å²) >= 11 is 0. The fourth-order valence-corrected chi connectivity index (χ4v) is 2.85. The van der Waals surface area contributed by atoms with Crippen molar-refractivity contribution in [3.05, 3.63) is 30.3 Å². The molecule has 0 saturated carbocycles. The zero-order valence-electron chi connectivity index (χ0n) is 11.5. The van der Waals surface area contributed by atoms with Crippen LogP contribution in [0.25, 0.3) is 22.0 Å². The molecular weight excluding hydrogens is 290 g/mol. The molecule has 1 fully saturated rings. The standard InChI is InChI=1S/C15H15N3O2.ClH/c19-14-2-1-8-18(14)9-6-13-17-15-10-5-7-16-11(10)3-4-12(15)20-13;/h3-5,7,16H,1-2,6,8-9H2;1H. The summed E-state index contributed by atoms with van der Waals surface area (Å²) in [5.41, 5.74) is 2.76. The van der Waals surface area contributed by atoms with Crippen molar-refractivity contribution in [1.82, 2.24) is 14.9 Å². The number of benzene rings is 1. The maximum absolute atomic E-state index is 11.6. The van der Waals surface area contributed by atoms with Gasteiger partial charge in [-0.1, -0.05) is 0 Å². The van der Waals surface area contributed by atoms with E-state index in [-0.39, 0.29) is 18.3 Å². The Balaban J connectivity index is 0.00000132. The van der Waals surface area contributed by atoms with Crippen molar-refractivity contribution in [2.45, 2.75) is 19.3 Å². The largest absolute Gasteiger partial charge is 0.441 e. The van der Waals surface area contributed by atoms with Crippen LogP contribution in [0.2, 0.25) is 0 Å². The molecule has 3 aromatic rings. The fraction of sp³-hybridized carbons (Fsp3) is 0.333. The third-order valence-electron chi connectivity index (χ3n) is 3.90. The van der Waals surface area contributed by atoms with E-state index in [2.05, 4.69) is 9.97 Å². The normalized spacial score (nSPS) is 15.0. The van der Waals surface area contributed by atoms with Gasteiger partial charge in [-0.3, -0.25) is 4.79 Å². The Morgan fingerprint density at radius 2 is 2.24 bits per heavy atom. The Hall–Kier alpha value is -2.01. The minimum Gasteiger partial charge on any atom is -0.441 e. The molecule has 1 saturated heterocycles. The number of likely N-dealkylation sites (tertiary alicyclic amines) is 1. The van der Waals surface area contributed by atoms with Gasteiger partial charge in [0.2, 0.25) is 5.91 Å². The monoisotopic (exact) mass is 305 g/mol. The lowest BCUT2D eigenvalue weighted by Crippen LogP contribution is -2.26. The number of fused-ring (bicyclic) bond motifs is 3. The second kappa shape index (κ2) is 5.41. The molecule has 2 aromatic heterocycles. The van der Waals surface area contributed by atoms with Crippen molar-refractivity contribution in [3.8, 4) is 0 Å². The highest BCUT2D eigenvalue weighted by Gasteiger charge is 2.20. The molecule has 3 heterocycles. The van der Waals surface area contributed by atoms with E-state index in [1.807, 2.05) is 29.3 Å². The smallest absolute Gasteiger partial charge is 0.222 e. The first-order chi connectivity index (χ1) is 9.81. The summed E-state index contributed by atoms with van der Waals surface area (Å²) in [6.07, 6.45) is 4.22. The molecule has 4 rings (SSSR count). The van der Waals surface area contributed by atoms with Gasteiger partial charge in [-0.25, -0.2) is 4.98 Å². The maximum Gasteiger partial charge on any atom is 0.222 e. The molecular formula is C15H16ClN3O2. The number of carbonyl (C=O) groups excluding carboxylic acids is 1. The number of hydrogen-bond acceptors (Lipinski definition) is 3. The summed E-state index contributed by atoms with van der Waals surface area (Å²) in [5, 5.41) is 1.08. The van der Waals surface area contributed by atoms with Crippen LogP contribution in [0.15, 0.2) is 28.8 Å². The number of amides is 1. The van der Waals surface area contributed by atoms with Crippen molar-refractivity contribution in [2.75, 3.05) is 13.1 Å². The lowest BCUT2D eigenvalue weighted by Gasteiger charge is -2.13. The van der Waals surface area contributed by atoms with Gasteiger partial charge in [0.1, 0.15) is 5.52 Å². The Kier molecular flexibility index (Phi) is 3.59. The van der Waals surface area contributed by atoms with Crippen LogP contribution in [0.1, 0.15) is 18.7 Å². The highest BCUT2D eigenvalue weighted by atomic mass is 35.5. The first kappa shape index (κ1) is 13.9. The van der Waals surface area contributed by atoms with E-state index >= 15 is 0 Å². The number of aromatic nitrogens is 2. The highest BCUT2D eigenvalue weighted by molar-refractivity contribution is 6.02. The van der Waals surface area contributed by atoms with Crippen molar-refractivity contribution in [1.29, 1.82) is 0 Å². The van der Waals surface area contributed by atoms with Gasteiger partial charge >= 0.3 is 0 Å². The molecule has 0 radical (unpaired) electrons.